The molecule has 0 unspecified atom stereocenters. The van der Waals surface area contributed by atoms with Crippen molar-refractivity contribution in [2.45, 2.75) is 18.2 Å². The van der Waals surface area contributed by atoms with Gasteiger partial charge in [0.1, 0.15) is 22.1 Å². The Morgan fingerprint density at radius 1 is 0.912 bits per heavy atom. The summed E-state index contributed by atoms with van der Waals surface area (Å²) in [7, 11) is 3.09. The quantitative estimate of drug-likeness (QED) is 0.393. The summed E-state index contributed by atoms with van der Waals surface area (Å²) in [6.07, 6.45) is 0.862. The van der Waals surface area contributed by atoms with Gasteiger partial charge in [-0.25, -0.2) is 4.90 Å². The number of nitrogens with one attached hydrogen (secondary N) is 1. The maximum absolute atomic E-state index is 13.6. The van der Waals surface area contributed by atoms with E-state index >= 15 is 0 Å². The van der Waals surface area contributed by atoms with Crippen LogP contribution in [0.5, 0.6) is 11.5 Å². The fourth-order valence-corrected chi connectivity index (χ4v) is 4.55. The van der Waals surface area contributed by atoms with Crippen LogP contribution in [0.3, 0.4) is 0 Å². The summed E-state index contributed by atoms with van der Waals surface area (Å²) in [5.41, 5.74) is 2.30. The van der Waals surface area contributed by atoms with Gasteiger partial charge in [-0.1, -0.05) is 42.4 Å². The number of halogens is 1. The van der Waals surface area contributed by atoms with Crippen molar-refractivity contribution in [3.63, 3.8) is 0 Å². The first-order valence-electron chi connectivity index (χ1n) is 10.6. The summed E-state index contributed by atoms with van der Waals surface area (Å²) in [4.78, 5) is 29.3. The second-order valence-corrected chi connectivity index (χ2v) is 8.94. The lowest BCUT2D eigenvalue weighted by molar-refractivity contribution is -0.120. The molecule has 0 saturated heterocycles. The van der Waals surface area contributed by atoms with Crippen LogP contribution in [-0.2, 0) is 16.0 Å². The highest BCUT2D eigenvalue weighted by Gasteiger charge is 2.40. The lowest BCUT2D eigenvalue weighted by atomic mass is 10.1. The molecular formula is C26H23ClN2O4S. The van der Waals surface area contributed by atoms with Crippen LogP contribution in [0.15, 0.2) is 82.2 Å². The van der Waals surface area contributed by atoms with E-state index in [0.29, 0.717) is 27.9 Å². The first kappa shape index (κ1) is 23.7. The summed E-state index contributed by atoms with van der Waals surface area (Å²) < 4.78 is 10.8. The van der Waals surface area contributed by atoms with E-state index in [0.717, 1.165) is 16.9 Å². The molecule has 8 heteroatoms. The number of aryl methyl sites for hydroxylation is 1. The van der Waals surface area contributed by atoms with Crippen LogP contribution in [0.1, 0.15) is 12.5 Å². The number of methoxy groups -OCH3 is 2. The summed E-state index contributed by atoms with van der Waals surface area (Å²) in [5, 5.41) is 3.72. The Morgan fingerprint density at radius 2 is 1.62 bits per heavy atom. The molecular weight excluding hydrogens is 472 g/mol. The fraction of sp³-hybridized carbons (Fsp3) is 0.154. The van der Waals surface area contributed by atoms with Gasteiger partial charge in [0.2, 0.25) is 0 Å². The van der Waals surface area contributed by atoms with Crippen LogP contribution in [-0.4, -0.2) is 26.0 Å². The van der Waals surface area contributed by atoms with Crippen molar-refractivity contribution in [2.24, 2.45) is 0 Å². The Hall–Kier alpha value is -3.42. The lowest BCUT2D eigenvalue weighted by Crippen LogP contribution is -2.32. The molecule has 3 aromatic rings. The van der Waals surface area contributed by atoms with Crippen molar-refractivity contribution in [2.75, 3.05) is 24.4 Å². The maximum atomic E-state index is 13.6. The standard InChI is InChI=1S/C26H23ClN2O4S/c1-4-16-5-9-18(10-6-16)29-25(30)23(28-21-15-19(32-2)11-14-22(21)33-3)24(26(29)31)34-20-12-7-17(27)8-13-20/h5-15,28H,4H2,1-3H3. The maximum Gasteiger partial charge on any atom is 0.283 e. The SMILES string of the molecule is CCc1ccc(N2C(=O)C(Nc3cc(OC)ccc3OC)=C(Sc3ccc(Cl)cc3)C2=O)cc1. The van der Waals surface area contributed by atoms with Crippen molar-refractivity contribution < 1.29 is 19.1 Å². The number of benzene rings is 3. The Bertz CT molecular complexity index is 1260. The molecule has 0 aromatic heterocycles. The number of imide groups is 1. The smallest absolute Gasteiger partial charge is 0.283 e. The average molecular weight is 495 g/mol. The summed E-state index contributed by atoms with van der Waals surface area (Å²) >= 11 is 7.22. The molecule has 4 rings (SSSR count). The minimum Gasteiger partial charge on any atom is -0.497 e. The van der Waals surface area contributed by atoms with E-state index in [-0.39, 0.29) is 10.6 Å². The predicted octanol–water partition coefficient (Wildman–Crippen LogP) is 5.91. The topological polar surface area (TPSA) is 67.9 Å². The zero-order chi connectivity index (χ0) is 24.2. The third kappa shape index (κ3) is 4.76. The Kier molecular flexibility index (Phi) is 7.14. The molecule has 0 bridgehead atoms. The van der Waals surface area contributed by atoms with Gasteiger partial charge in [-0.3, -0.25) is 9.59 Å². The highest BCUT2D eigenvalue weighted by molar-refractivity contribution is 8.04. The van der Waals surface area contributed by atoms with Gasteiger partial charge < -0.3 is 14.8 Å². The molecule has 0 aliphatic carbocycles. The number of carbonyl (C=O) groups excluding carboxylic acids is 2. The number of carbonyl (C=O) groups is 2. The van der Waals surface area contributed by atoms with Crippen LogP contribution in [0, 0.1) is 0 Å². The van der Waals surface area contributed by atoms with E-state index in [1.165, 1.54) is 23.8 Å². The minimum absolute atomic E-state index is 0.163. The molecule has 0 saturated carbocycles. The van der Waals surface area contributed by atoms with E-state index in [1.54, 1.807) is 61.7 Å². The van der Waals surface area contributed by atoms with Gasteiger partial charge in [0.25, 0.3) is 11.8 Å². The molecule has 0 radical (unpaired) electrons. The normalized spacial score (nSPS) is 13.5. The van der Waals surface area contributed by atoms with Gasteiger partial charge in [-0.2, -0.15) is 0 Å². The average Bonchev–Trinajstić information content (AvgIpc) is 3.09. The van der Waals surface area contributed by atoms with E-state index in [2.05, 4.69) is 5.32 Å². The van der Waals surface area contributed by atoms with Gasteiger partial charge >= 0.3 is 0 Å². The van der Waals surface area contributed by atoms with Crippen LogP contribution in [0.25, 0.3) is 0 Å². The Labute approximate surface area is 207 Å². The van der Waals surface area contributed by atoms with E-state index in [1.807, 2.05) is 19.1 Å². The summed E-state index contributed by atoms with van der Waals surface area (Å²) in [5.74, 6) is 0.240. The number of amides is 2. The van der Waals surface area contributed by atoms with E-state index in [9.17, 15) is 9.59 Å². The zero-order valence-corrected chi connectivity index (χ0v) is 20.5. The molecule has 34 heavy (non-hydrogen) atoms. The predicted molar refractivity (Wildman–Crippen MR) is 136 cm³/mol. The number of hydrogen-bond acceptors (Lipinski definition) is 6. The molecule has 3 aromatic carbocycles. The van der Waals surface area contributed by atoms with Gasteiger partial charge in [-0.15, -0.1) is 0 Å². The molecule has 1 aliphatic rings. The number of thioether (sulfide) groups is 1. The van der Waals surface area contributed by atoms with Gasteiger partial charge in [0.15, 0.2) is 0 Å². The molecule has 6 nitrogen and oxygen atoms in total. The minimum atomic E-state index is -0.449. The van der Waals surface area contributed by atoms with Crippen LogP contribution in [0.2, 0.25) is 5.02 Å². The third-order valence-corrected chi connectivity index (χ3v) is 6.69. The van der Waals surface area contributed by atoms with Crippen molar-refractivity contribution in [3.05, 3.63) is 87.9 Å². The lowest BCUT2D eigenvalue weighted by Gasteiger charge is -2.16. The molecule has 1 N–H and O–H groups in total. The molecule has 2 amide bonds. The Balaban J connectivity index is 1.77. The molecule has 0 fully saturated rings. The van der Waals surface area contributed by atoms with Crippen molar-refractivity contribution >= 4 is 46.6 Å². The summed E-state index contributed by atoms with van der Waals surface area (Å²) in [6.45, 7) is 2.05. The highest BCUT2D eigenvalue weighted by Crippen LogP contribution is 2.40. The van der Waals surface area contributed by atoms with E-state index < -0.39 is 11.8 Å². The van der Waals surface area contributed by atoms with Crippen LogP contribution in [0.4, 0.5) is 11.4 Å². The van der Waals surface area contributed by atoms with Gasteiger partial charge in [0, 0.05) is 16.0 Å². The molecule has 1 aliphatic heterocycles. The largest absolute Gasteiger partial charge is 0.497 e. The van der Waals surface area contributed by atoms with Gasteiger partial charge in [0.05, 0.1) is 25.6 Å². The number of hydrogen-bond donors (Lipinski definition) is 1. The zero-order valence-electron chi connectivity index (χ0n) is 18.9. The van der Waals surface area contributed by atoms with Crippen LogP contribution < -0.4 is 19.7 Å². The van der Waals surface area contributed by atoms with Gasteiger partial charge in [-0.05, 0) is 60.5 Å². The number of rotatable bonds is 8. The molecule has 1 heterocycles. The second kappa shape index (κ2) is 10.2. The van der Waals surface area contributed by atoms with E-state index in [4.69, 9.17) is 21.1 Å². The van der Waals surface area contributed by atoms with Crippen molar-refractivity contribution in [1.82, 2.24) is 0 Å². The van der Waals surface area contributed by atoms with Crippen molar-refractivity contribution in [1.29, 1.82) is 0 Å². The first-order chi connectivity index (χ1) is 16.4. The molecule has 174 valence electrons. The molecule has 0 atom stereocenters. The number of ether oxygens (including phenoxy) is 2. The highest BCUT2D eigenvalue weighted by atomic mass is 35.5. The third-order valence-electron chi connectivity index (χ3n) is 5.34. The monoisotopic (exact) mass is 494 g/mol. The fourth-order valence-electron chi connectivity index (χ4n) is 3.50. The number of anilines is 2. The second-order valence-electron chi connectivity index (χ2n) is 7.42. The first-order valence-corrected chi connectivity index (χ1v) is 11.8. The molecule has 0 spiro atoms. The van der Waals surface area contributed by atoms with Crippen LogP contribution >= 0.6 is 23.4 Å². The van der Waals surface area contributed by atoms with Crippen molar-refractivity contribution in [3.8, 4) is 11.5 Å². The summed E-state index contributed by atoms with van der Waals surface area (Å²) in [6, 6.07) is 19.7. The Morgan fingerprint density at radius 3 is 2.24 bits per heavy atom. The number of nitrogens with zero attached hydrogens (tertiary/aromatic N) is 1.